The summed E-state index contributed by atoms with van der Waals surface area (Å²) in [5.41, 5.74) is 2.85. The van der Waals surface area contributed by atoms with E-state index in [9.17, 15) is 4.79 Å². The van der Waals surface area contributed by atoms with Crippen molar-refractivity contribution < 1.29 is 9.53 Å². The summed E-state index contributed by atoms with van der Waals surface area (Å²) in [7, 11) is 0. The second-order valence-electron chi connectivity index (χ2n) is 5.84. The minimum absolute atomic E-state index is 0.00729. The lowest BCUT2D eigenvalue weighted by molar-refractivity contribution is -0.120. The molecule has 26 heavy (non-hydrogen) atoms. The molecule has 4 nitrogen and oxygen atoms in total. The van der Waals surface area contributed by atoms with Gasteiger partial charge in [-0.25, -0.2) is 0 Å². The smallest absolute Gasteiger partial charge is 0.224 e. The second-order valence-corrected chi connectivity index (χ2v) is 6.75. The van der Waals surface area contributed by atoms with Gasteiger partial charge >= 0.3 is 0 Å². The summed E-state index contributed by atoms with van der Waals surface area (Å²) < 4.78 is 6.77. The number of carbonyl (C=O) groups excluding carboxylic acids is 1. The Hall–Kier alpha value is -2.66. The zero-order chi connectivity index (χ0) is 18.2. The maximum absolute atomic E-state index is 12.1. The molecule has 3 rings (SSSR count). The van der Waals surface area contributed by atoms with Crippen molar-refractivity contribution in [1.29, 1.82) is 0 Å². The lowest BCUT2D eigenvalue weighted by Gasteiger charge is -2.09. The highest BCUT2D eigenvalue weighted by molar-refractivity contribution is 9.10. The molecular formula is C21H19BrN2O2. The van der Waals surface area contributed by atoms with Crippen LogP contribution in [0.2, 0.25) is 0 Å². The molecule has 1 N–H and O–H groups in total. The van der Waals surface area contributed by atoms with E-state index in [1.807, 2.05) is 66.7 Å². The van der Waals surface area contributed by atoms with Crippen molar-refractivity contribution in [2.24, 2.45) is 0 Å². The van der Waals surface area contributed by atoms with Crippen molar-refractivity contribution in [3.8, 4) is 5.75 Å². The first-order valence-electron chi connectivity index (χ1n) is 8.32. The number of hydrogen-bond donors (Lipinski definition) is 1. The van der Waals surface area contributed by atoms with E-state index in [4.69, 9.17) is 4.74 Å². The Labute approximate surface area is 161 Å². The van der Waals surface area contributed by atoms with Gasteiger partial charge in [-0.05, 0) is 47.5 Å². The summed E-state index contributed by atoms with van der Waals surface area (Å²) in [5, 5.41) is 2.94. The van der Waals surface area contributed by atoms with E-state index in [1.54, 1.807) is 6.20 Å². The van der Waals surface area contributed by atoms with Crippen LogP contribution in [-0.2, 0) is 24.4 Å². The normalized spacial score (nSPS) is 10.3. The quantitative estimate of drug-likeness (QED) is 0.632. The summed E-state index contributed by atoms with van der Waals surface area (Å²) in [6, 6.07) is 21.2. The van der Waals surface area contributed by atoms with E-state index in [0.29, 0.717) is 19.6 Å². The fourth-order valence-corrected chi connectivity index (χ4v) is 2.70. The number of carbonyl (C=O) groups is 1. The van der Waals surface area contributed by atoms with Gasteiger partial charge in [0.25, 0.3) is 0 Å². The molecule has 0 aliphatic carbocycles. The second kappa shape index (κ2) is 9.15. The summed E-state index contributed by atoms with van der Waals surface area (Å²) in [5.74, 6) is 0.752. The predicted molar refractivity (Wildman–Crippen MR) is 105 cm³/mol. The van der Waals surface area contributed by atoms with Crippen molar-refractivity contribution >= 4 is 21.8 Å². The van der Waals surface area contributed by atoms with Gasteiger partial charge in [-0.3, -0.25) is 9.78 Å². The number of ether oxygens (including phenoxy) is 1. The molecule has 5 heteroatoms. The average molecular weight is 411 g/mol. The molecule has 0 bridgehead atoms. The van der Waals surface area contributed by atoms with Crippen LogP contribution in [0.5, 0.6) is 5.75 Å². The third-order valence-corrected chi connectivity index (χ3v) is 4.31. The Morgan fingerprint density at radius 2 is 1.85 bits per heavy atom. The number of amides is 1. The number of nitrogens with zero attached hydrogens (tertiary/aromatic N) is 1. The molecule has 0 fully saturated rings. The highest BCUT2D eigenvalue weighted by Gasteiger charge is 2.04. The van der Waals surface area contributed by atoms with Crippen LogP contribution in [0.1, 0.15) is 16.8 Å². The minimum atomic E-state index is -0.00729. The van der Waals surface area contributed by atoms with Crippen LogP contribution in [0, 0.1) is 0 Å². The number of nitrogens with one attached hydrogen (secondary N) is 1. The van der Waals surface area contributed by atoms with Crippen LogP contribution in [-0.4, -0.2) is 10.9 Å². The molecule has 0 atom stereocenters. The third-order valence-electron chi connectivity index (χ3n) is 3.78. The van der Waals surface area contributed by atoms with Crippen molar-refractivity contribution in [2.45, 2.75) is 19.6 Å². The molecule has 0 aliphatic heterocycles. The van der Waals surface area contributed by atoms with Crippen molar-refractivity contribution in [3.05, 3.63) is 94.2 Å². The first kappa shape index (κ1) is 18.1. The highest BCUT2D eigenvalue weighted by atomic mass is 79.9. The van der Waals surface area contributed by atoms with Crippen LogP contribution in [0.4, 0.5) is 0 Å². The fraction of sp³-hybridized carbons (Fsp3) is 0.143. The van der Waals surface area contributed by atoms with Gasteiger partial charge in [-0.15, -0.1) is 0 Å². The molecular weight excluding hydrogens is 392 g/mol. The zero-order valence-electron chi connectivity index (χ0n) is 14.2. The molecule has 0 radical (unpaired) electrons. The molecule has 0 aliphatic rings. The Kier molecular flexibility index (Phi) is 6.39. The summed E-state index contributed by atoms with van der Waals surface area (Å²) in [4.78, 5) is 16.3. The van der Waals surface area contributed by atoms with Gasteiger partial charge in [0.1, 0.15) is 12.4 Å². The standard InChI is InChI=1S/C21H19BrN2O2/c22-18-9-7-16(8-10-18)13-21(25)24-14-17-4-3-6-20(12-17)26-15-19-5-1-2-11-23-19/h1-12H,13-15H2,(H,24,25). The van der Waals surface area contributed by atoms with E-state index >= 15 is 0 Å². The minimum Gasteiger partial charge on any atom is -0.487 e. The Morgan fingerprint density at radius 1 is 1.00 bits per heavy atom. The highest BCUT2D eigenvalue weighted by Crippen LogP contribution is 2.15. The summed E-state index contributed by atoms with van der Waals surface area (Å²) in [6.07, 6.45) is 2.11. The van der Waals surface area contributed by atoms with Gasteiger partial charge in [0, 0.05) is 17.2 Å². The number of benzene rings is 2. The van der Waals surface area contributed by atoms with Gasteiger partial charge in [-0.1, -0.05) is 46.3 Å². The van der Waals surface area contributed by atoms with Gasteiger partial charge in [0.05, 0.1) is 12.1 Å². The molecule has 0 saturated carbocycles. The van der Waals surface area contributed by atoms with E-state index in [2.05, 4.69) is 26.2 Å². The SMILES string of the molecule is O=C(Cc1ccc(Br)cc1)NCc1cccc(OCc2ccccn2)c1. The Bertz CT molecular complexity index is 851. The van der Waals surface area contributed by atoms with Crippen LogP contribution < -0.4 is 10.1 Å². The predicted octanol–water partition coefficient (Wildman–Crippen LogP) is 4.28. The van der Waals surface area contributed by atoms with E-state index in [-0.39, 0.29) is 5.91 Å². The fourth-order valence-electron chi connectivity index (χ4n) is 2.44. The van der Waals surface area contributed by atoms with Crippen LogP contribution in [0.15, 0.2) is 77.4 Å². The lowest BCUT2D eigenvalue weighted by atomic mass is 10.1. The lowest BCUT2D eigenvalue weighted by Crippen LogP contribution is -2.24. The molecule has 0 spiro atoms. The molecule has 3 aromatic rings. The van der Waals surface area contributed by atoms with Crippen molar-refractivity contribution in [2.75, 3.05) is 0 Å². The summed E-state index contributed by atoms with van der Waals surface area (Å²) >= 11 is 3.39. The first-order chi connectivity index (χ1) is 12.7. The number of aromatic nitrogens is 1. The van der Waals surface area contributed by atoms with Gasteiger partial charge in [-0.2, -0.15) is 0 Å². The topological polar surface area (TPSA) is 51.2 Å². The maximum Gasteiger partial charge on any atom is 0.224 e. The van der Waals surface area contributed by atoms with Crippen LogP contribution >= 0.6 is 15.9 Å². The number of hydrogen-bond acceptors (Lipinski definition) is 3. The zero-order valence-corrected chi connectivity index (χ0v) is 15.8. The van der Waals surface area contributed by atoms with E-state index in [1.165, 1.54) is 0 Å². The van der Waals surface area contributed by atoms with Gasteiger partial charge in [0.2, 0.25) is 5.91 Å². The molecule has 0 unspecified atom stereocenters. The molecule has 0 saturated heterocycles. The monoisotopic (exact) mass is 410 g/mol. The van der Waals surface area contributed by atoms with Gasteiger partial charge < -0.3 is 10.1 Å². The molecule has 2 aromatic carbocycles. The molecule has 1 amide bonds. The van der Waals surface area contributed by atoms with Crippen LogP contribution in [0.25, 0.3) is 0 Å². The molecule has 132 valence electrons. The summed E-state index contributed by atoms with van der Waals surface area (Å²) in [6.45, 7) is 0.885. The number of rotatable bonds is 7. The number of halogens is 1. The van der Waals surface area contributed by atoms with Crippen molar-refractivity contribution in [3.63, 3.8) is 0 Å². The molecule has 1 aromatic heterocycles. The first-order valence-corrected chi connectivity index (χ1v) is 9.11. The van der Waals surface area contributed by atoms with E-state index < -0.39 is 0 Å². The number of pyridine rings is 1. The van der Waals surface area contributed by atoms with Crippen LogP contribution in [0.3, 0.4) is 0 Å². The third kappa shape index (κ3) is 5.70. The maximum atomic E-state index is 12.1. The Balaban J connectivity index is 1.50. The largest absolute Gasteiger partial charge is 0.487 e. The average Bonchev–Trinajstić information content (AvgIpc) is 2.68. The molecule has 1 heterocycles. The van der Waals surface area contributed by atoms with Gasteiger partial charge in [0.15, 0.2) is 0 Å². The van der Waals surface area contributed by atoms with Crippen molar-refractivity contribution in [1.82, 2.24) is 10.3 Å². The van der Waals surface area contributed by atoms with E-state index in [0.717, 1.165) is 27.0 Å². The Morgan fingerprint density at radius 3 is 2.62 bits per heavy atom.